The van der Waals surface area contributed by atoms with E-state index in [1.165, 1.54) is 12.7 Å². The van der Waals surface area contributed by atoms with Gasteiger partial charge in [-0.15, -0.1) is 0 Å². The molecule has 0 saturated carbocycles. The molecule has 3 N–H and O–H groups in total. The maximum Gasteiger partial charge on any atom is 0.411 e. The molecule has 0 saturated heterocycles. The molecule has 6 heteroatoms. The van der Waals surface area contributed by atoms with Crippen LogP contribution >= 0.6 is 0 Å². The molecule has 0 aliphatic heterocycles. The van der Waals surface area contributed by atoms with Crippen LogP contribution in [0.25, 0.3) is 0 Å². The van der Waals surface area contributed by atoms with Crippen molar-refractivity contribution in [3.63, 3.8) is 0 Å². The fourth-order valence-electron chi connectivity index (χ4n) is 2.68. The van der Waals surface area contributed by atoms with Crippen molar-refractivity contribution in [1.29, 1.82) is 0 Å². The molecule has 0 radical (unpaired) electrons. The van der Waals surface area contributed by atoms with Gasteiger partial charge in [0.05, 0.1) is 7.11 Å². The summed E-state index contributed by atoms with van der Waals surface area (Å²) >= 11 is 0. The van der Waals surface area contributed by atoms with Crippen LogP contribution in [0, 0.1) is 20.8 Å². The minimum atomic E-state index is -0.563. The molecule has 0 fully saturated rings. The van der Waals surface area contributed by atoms with Gasteiger partial charge in [0.2, 0.25) is 0 Å². The third-order valence-electron chi connectivity index (χ3n) is 3.82. The summed E-state index contributed by atoms with van der Waals surface area (Å²) in [5.41, 5.74) is 5.74. The second-order valence-corrected chi connectivity index (χ2v) is 5.88. The summed E-state index contributed by atoms with van der Waals surface area (Å²) in [5.74, 6) is 0. The van der Waals surface area contributed by atoms with E-state index in [9.17, 15) is 9.59 Å². The lowest BCUT2D eigenvalue weighted by molar-refractivity contribution is 0.187. The molecule has 2 rings (SSSR count). The number of urea groups is 1. The summed E-state index contributed by atoms with van der Waals surface area (Å²) in [4.78, 5) is 23.4. The van der Waals surface area contributed by atoms with Crippen molar-refractivity contribution in [2.24, 2.45) is 0 Å². The molecule has 0 aliphatic carbocycles. The predicted octanol–water partition coefficient (Wildman–Crippen LogP) is 4.11. The number of hydrogen-bond donors (Lipinski definition) is 3. The number of hydrogen-bond acceptors (Lipinski definition) is 3. The van der Waals surface area contributed by atoms with Crippen molar-refractivity contribution in [3.05, 3.63) is 58.7 Å². The number of nitrogens with one attached hydrogen (secondary N) is 3. The number of rotatable bonds is 4. The standard InChI is InChI=1S/C19H23N3O3/c1-12-8-13(2)17(14(3)9-12)11-20-18(23)21-15-6-5-7-16(10-15)22-19(24)25-4/h5-10H,11H2,1-4H3,(H,22,24)(H2,20,21,23). The molecule has 6 nitrogen and oxygen atoms in total. The van der Waals surface area contributed by atoms with Crippen LogP contribution in [-0.4, -0.2) is 19.2 Å². The second kappa shape index (κ2) is 8.19. The van der Waals surface area contributed by atoms with E-state index >= 15 is 0 Å². The van der Waals surface area contributed by atoms with E-state index in [0.29, 0.717) is 17.9 Å². The van der Waals surface area contributed by atoms with Gasteiger partial charge in [-0.3, -0.25) is 5.32 Å². The summed E-state index contributed by atoms with van der Waals surface area (Å²) in [7, 11) is 1.29. The molecule has 0 bridgehead atoms. The molecule has 25 heavy (non-hydrogen) atoms. The highest BCUT2D eigenvalue weighted by molar-refractivity contribution is 5.91. The Morgan fingerprint density at radius 1 is 0.960 bits per heavy atom. The number of benzene rings is 2. The van der Waals surface area contributed by atoms with Crippen LogP contribution in [0.4, 0.5) is 21.0 Å². The van der Waals surface area contributed by atoms with E-state index in [-0.39, 0.29) is 6.03 Å². The molecule has 0 heterocycles. The quantitative estimate of drug-likeness (QED) is 0.783. The zero-order chi connectivity index (χ0) is 18.4. The van der Waals surface area contributed by atoms with Gasteiger partial charge in [0.15, 0.2) is 0 Å². The highest BCUT2D eigenvalue weighted by atomic mass is 16.5. The number of methoxy groups -OCH3 is 1. The zero-order valence-corrected chi connectivity index (χ0v) is 14.9. The van der Waals surface area contributed by atoms with Crippen molar-refractivity contribution in [2.45, 2.75) is 27.3 Å². The van der Waals surface area contributed by atoms with Crippen LogP contribution in [0.5, 0.6) is 0 Å². The van der Waals surface area contributed by atoms with Gasteiger partial charge < -0.3 is 15.4 Å². The Bertz CT molecular complexity index is 764. The topological polar surface area (TPSA) is 79.5 Å². The van der Waals surface area contributed by atoms with Crippen LogP contribution in [0.15, 0.2) is 36.4 Å². The number of amides is 3. The van der Waals surface area contributed by atoms with Gasteiger partial charge in [0.1, 0.15) is 0 Å². The molecule has 0 aliphatic rings. The number of ether oxygens (including phenoxy) is 1. The summed E-state index contributed by atoms with van der Waals surface area (Å²) < 4.78 is 4.54. The van der Waals surface area contributed by atoms with Crippen LogP contribution in [-0.2, 0) is 11.3 Å². The first-order valence-corrected chi connectivity index (χ1v) is 7.95. The molecule has 2 aromatic carbocycles. The predicted molar refractivity (Wildman–Crippen MR) is 99.0 cm³/mol. The largest absolute Gasteiger partial charge is 0.453 e. The van der Waals surface area contributed by atoms with E-state index in [0.717, 1.165) is 16.7 Å². The second-order valence-electron chi connectivity index (χ2n) is 5.88. The zero-order valence-electron chi connectivity index (χ0n) is 14.9. The Morgan fingerprint density at radius 2 is 1.56 bits per heavy atom. The third kappa shape index (κ3) is 5.24. The lowest BCUT2D eigenvalue weighted by atomic mass is 10.00. The Labute approximate surface area is 147 Å². The van der Waals surface area contributed by atoms with Crippen LogP contribution in [0.1, 0.15) is 22.3 Å². The normalized spacial score (nSPS) is 10.1. The van der Waals surface area contributed by atoms with Gasteiger partial charge in [0.25, 0.3) is 0 Å². The first kappa shape index (κ1) is 18.3. The highest BCUT2D eigenvalue weighted by Gasteiger charge is 2.08. The molecular weight excluding hydrogens is 318 g/mol. The minimum absolute atomic E-state index is 0.311. The van der Waals surface area contributed by atoms with Crippen LogP contribution in [0.3, 0.4) is 0 Å². The van der Waals surface area contributed by atoms with Crippen molar-refractivity contribution in [1.82, 2.24) is 5.32 Å². The smallest absolute Gasteiger partial charge is 0.411 e. The average molecular weight is 341 g/mol. The van der Waals surface area contributed by atoms with E-state index in [4.69, 9.17) is 0 Å². The fourth-order valence-corrected chi connectivity index (χ4v) is 2.68. The summed E-state index contributed by atoms with van der Waals surface area (Å²) in [6.07, 6.45) is -0.563. The van der Waals surface area contributed by atoms with Gasteiger partial charge >= 0.3 is 12.1 Å². The van der Waals surface area contributed by atoms with E-state index in [1.54, 1.807) is 24.3 Å². The molecule has 2 aromatic rings. The molecule has 0 unspecified atom stereocenters. The van der Waals surface area contributed by atoms with Gasteiger partial charge in [-0.2, -0.15) is 0 Å². The van der Waals surface area contributed by atoms with Gasteiger partial charge in [-0.25, -0.2) is 9.59 Å². The molecule has 3 amide bonds. The maximum atomic E-state index is 12.1. The number of anilines is 2. The van der Waals surface area contributed by atoms with Crippen LogP contribution in [0.2, 0.25) is 0 Å². The lowest BCUT2D eigenvalue weighted by Gasteiger charge is -2.13. The van der Waals surface area contributed by atoms with Crippen LogP contribution < -0.4 is 16.0 Å². The fraction of sp³-hybridized carbons (Fsp3) is 0.263. The molecule has 0 atom stereocenters. The van der Waals surface area contributed by atoms with Gasteiger partial charge in [-0.1, -0.05) is 23.8 Å². The molecule has 0 spiro atoms. The maximum absolute atomic E-state index is 12.1. The van der Waals surface area contributed by atoms with Crippen molar-refractivity contribution < 1.29 is 14.3 Å². The van der Waals surface area contributed by atoms with Gasteiger partial charge in [-0.05, 0) is 55.7 Å². The molecular formula is C19H23N3O3. The summed E-state index contributed by atoms with van der Waals surface area (Å²) in [5, 5.41) is 8.16. The first-order valence-electron chi connectivity index (χ1n) is 7.95. The highest BCUT2D eigenvalue weighted by Crippen LogP contribution is 2.17. The number of aryl methyl sites for hydroxylation is 3. The van der Waals surface area contributed by atoms with E-state index in [2.05, 4.69) is 39.7 Å². The van der Waals surface area contributed by atoms with E-state index in [1.807, 2.05) is 13.8 Å². The van der Waals surface area contributed by atoms with Crippen molar-refractivity contribution in [2.75, 3.05) is 17.7 Å². The molecule has 0 aromatic heterocycles. The number of carbonyl (C=O) groups excluding carboxylic acids is 2. The lowest BCUT2D eigenvalue weighted by Crippen LogP contribution is -2.28. The Hall–Kier alpha value is -3.02. The monoisotopic (exact) mass is 341 g/mol. The Kier molecular flexibility index (Phi) is 6.00. The van der Waals surface area contributed by atoms with Gasteiger partial charge in [0, 0.05) is 17.9 Å². The van der Waals surface area contributed by atoms with Crippen molar-refractivity contribution >= 4 is 23.5 Å². The number of carbonyl (C=O) groups is 2. The Morgan fingerprint density at radius 3 is 2.16 bits per heavy atom. The molecule has 132 valence electrons. The first-order chi connectivity index (χ1) is 11.9. The average Bonchev–Trinajstić information content (AvgIpc) is 2.54. The van der Waals surface area contributed by atoms with E-state index < -0.39 is 6.09 Å². The minimum Gasteiger partial charge on any atom is -0.453 e. The Balaban J connectivity index is 1.97. The van der Waals surface area contributed by atoms with Crippen molar-refractivity contribution in [3.8, 4) is 0 Å². The summed E-state index contributed by atoms with van der Waals surface area (Å²) in [6, 6.07) is 10.7. The third-order valence-corrected chi connectivity index (χ3v) is 3.82. The SMILES string of the molecule is COC(=O)Nc1cccc(NC(=O)NCc2c(C)cc(C)cc2C)c1. The summed E-state index contributed by atoms with van der Waals surface area (Å²) in [6.45, 7) is 6.58.